The van der Waals surface area contributed by atoms with E-state index < -0.39 is 0 Å². The highest BCUT2D eigenvalue weighted by atomic mass is 32.1. The molecule has 0 fully saturated rings. The van der Waals surface area contributed by atoms with Crippen LogP contribution in [0.1, 0.15) is 29.2 Å². The Labute approximate surface area is 135 Å². The maximum absolute atomic E-state index is 4.48. The van der Waals surface area contributed by atoms with E-state index in [-0.39, 0.29) is 0 Å². The van der Waals surface area contributed by atoms with Crippen molar-refractivity contribution in [3.05, 3.63) is 70.4 Å². The van der Waals surface area contributed by atoms with Crippen LogP contribution in [0.5, 0.6) is 0 Å². The molecule has 0 amide bonds. The lowest BCUT2D eigenvalue weighted by Gasteiger charge is -2.14. The minimum atomic E-state index is 0.298. The van der Waals surface area contributed by atoms with Crippen LogP contribution < -0.4 is 5.32 Å². The van der Waals surface area contributed by atoms with E-state index in [1.165, 1.54) is 11.1 Å². The molecule has 3 nitrogen and oxygen atoms in total. The minimum Gasteiger partial charge on any atom is -0.304 e. The van der Waals surface area contributed by atoms with Gasteiger partial charge in [0.15, 0.2) is 0 Å². The molecular weight excluding hydrogens is 290 g/mol. The van der Waals surface area contributed by atoms with Crippen molar-refractivity contribution in [3.63, 3.8) is 0 Å². The fourth-order valence-corrected chi connectivity index (χ4v) is 3.06. The Kier molecular flexibility index (Phi) is 4.61. The van der Waals surface area contributed by atoms with E-state index in [0.717, 1.165) is 22.8 Å². The summed E-state index contributed by atoms with van der Waals surface area (Å²) in [5.41, 5.74) is 4.71. The van der Waals surface area contributed by atoms with Gasteiger partial charge >= 0.3 is 0 Å². The molecule has 2 aromatic heterocycles. The molecule has 0 unspecified atom stereocenters. The molecule has 3 aromatic rings. The van der Waals surface area contributed by atoms with Gasteiger partial charge in [-0.15, -0.1) is 11.3 Å². The van der Waals surface area contributed by atoms with Gasteiger partial charge in [0, 0.05) is 36.1 Å². The molecule has 22 heavy (non-hydrogen) atoms. The summed E-state index contributed by atoms with van der Waals surface area (Å²) in [7, 11) is 0. The van der Waals surface area contributed by atoms with Crippen LogP contribution >= 0.6 is 11.3 Å². The maximum atomic E-state index is 4.48. The Bertz CT molecular complexity index is 720. The van der Waals surface area contributed by atoms with Gasteiger partial charge in [0.25, 0.3) is 0 Å². The summed E-state index contributed by atoms with van der Waals surface area (Å²) in [6.45, 7) is 5.02. The number of benzene rings is 1. The predicted molar refractivity (Wildman–Crippen MR) is 91.8 cm³/mol. The first-order valence-electron chi connectivity index (χ1n) is 7.37. The molecule has 0 saturated carbocycles. The molecule has 4 heteroatoms. The normalized spacial score (nSPS) is 12.3. The number of hydrogen-bond donors (Lipinski definition) is 1. The van der Waals surface area contributed by atoms with Crippen molar-refractivity contribution in [2.24, 2.45) is 0 Å². The zero-order valence-electron chi connectivity index (χ0n) is 12.8. The third-order valence-electron chi connectivity index (χ3n) is 3.63. The third-order valence-corrected chi connectivity index (χ3v) is 4.60. The Morgan fingerprint density at radius 3 is 2.59 bits per heavy atom. The van der Waals surface area contributed by atoms with Crippen molar-refractivity contribution < 1.29 is 0 Å². The molecular formula is C18H19N3S. The lowest BCUT2D eigenvalue weighted by atomic mass is 10.0. The smallest absolute Gasteiger partial charge is 0.107 e. The van der Waals surface area contributed by atoms with Crippen molar-refractivity contribution in [3.8, 4) is 11.1 Å². The summed E-state index contributed by atoms with van der Waals surface area (Å²) in [5, 5.41) is 6.75. The van der Waals surface area contributed by atoms with Gasteiger partial charge in [0.2, 0.25) is 0 Å². The molecule has 0 saturated heterocycles. The van der Waals surface area contributed by atoms with Crippen LogP contribution in [0.2, 0.25) is 0 Å². The topological polar surface area (TPSA) is 37.8 Å². The molecule has 3 rings (SSSR count). The predicted octanol–water partition coefficient (Wildman–Crippen LogP) is 4.36. The molecule has 2 heterocycles. The highest BCUT2D eigenvalue weighted by Crippen LogP contribution is 2.21. The van der Waals surface area contributed by atoms with Crippen molar-refractivity contribution in [1.82, 2.24) is 15.3 Å². The second kappa shape index (κ2) is 6.81. The summed E-state index contributed by atoms with van der Waals surface area (Å²) in [5.74, 6) is 0. The van der Waals surface area contributed by atoms with Crippen LogP contribution in [0.4, 0.5) is 0 Å². The third kappa shape index (κ3) is 3.59. The SMILES string of the molecule is Cc1csc(CN[C@H](C)c2ccc(-c3cccnc3)cc2)n1. The Hall–Kier alpha value is -2.04. The number of pyridine rings is 1. The number of aryl methyl sites for hydroxylation is 1. The highest BCUT2D eigenvalue weighted by molar-refractivity contribution is 7.09. The number of nitrogens with zero attached hydrogens (tertiary/aromatic N) is 2. The summed E-state index contributed by atoms with van der Waals surface area (Å²) in [4.78, 5) is 8.64. The Morgan fingerprint density at radius 2 is 1.95 bits per heavy atom. The molecule has 0 aliphatic carbocycles. The number of hydrogen-bond acceptors (Lipinski definition) is 4. The maximum Gasteiger partial charge on any atom is 0.107 e. The van der Waals surface area contributed by atoms with Crippen LogP contribution in [-0.4, -0.2) is 9.97 Å². The van der Waals surface area contributed by atoms with Crippen molar-refractivity contribution in [2.45, 2.75) is 26.4 Å². The van der Waals surface area contributed by atoms with Gasteiger partial charge in [-0.1, -0.05) is 30.3 Å². The average molecular weight is 309 g/mol. The zero-order chi connectivity index (χ0) is 15.4. The molecule has 0 aliphatic heterocycles. The van der Waals surface area contributed by atoms with E-state index in [1.807, 2.05) is 19.2 Å². The van der Waals surface area contributed by atoms with E-state index in [4.69, 9.17) is 0 Å². The lowest BCUT2D eigenvalue weighted by Crippen LogP contribution is -2.17. The van der Waals surface area contributed by atoms with Crippen LogP contribution in [0.15, 0.2) is 54.2 Å². The number of rotatable bonds is 5. The highest BCUT2D eigenvalue weighted by Gasteiger charge is 2.07. The summed E-state index contributed by atoms with van der Waals surface area (Å²) >= 11 is 1.71. The van der Waals surface area contributed by atoms with Crippen LogP contribution in [0, 0.1) is 6.92 Å². The number of thiazole rings is 1. The lowest BCUT2D eigenvalue weighted by molar-refractivity contribution is 0.573. The van der Waals surface area contributed by atoms with E-state index in [9.17, 15) is 0 Å². The van der Waals surface area contributed by atoms with E-state index in [1.54, 1.807) is 17.5 Å². The standard InChI is InChI=1S/C18H19N3S/c1-13-12-22-18(21-13)11-20-14(2)15-5-7-16(8-6-15)17-4-3-9-19-10-17/h3-10,12,14,20H,11H2,1-2H3/t14-/m1/s1. The zero-order valence-corrected chi connectivity index (χ0v) is 13.6. The second-order valence-corrected chi connectivity index (χ2v) is 6.29. The van der Waals surface area contributed by atoms with Gasteiger partial charge in [0.05, 0.1) is 0 Å². The molecule has 0 spiro atoms. The summed E-state index contributed by atoms with van der Waals surface area (Å²) in [6, 6.07) is 13.0. The monoisotopic (exact) mass is 309 g/mol. The van der Waals surface area contributed by atoms with Gasteiger partial charge in [-0.3, -0.25) is 4.98 Å². The van der Waals surface area contributed by atoms with Crippen molar-refractivity contribution in [1.29, 1.82) is 0 Å². The minimum absolute atomic E-state index is 0.298. The average Bonchev–Trinajstić information content (AvgIpc) is 2.99. The molecule has 1 atom stereocenters. The molecule has 1 N–H and O–H groups in total. The van der Waals surface area contributed by atoms with E-state index >= 15 is 0 Å². The molecule has 112 valence electrons. The van der Waals surface area contributed by atoms with Crippen LogP contribution in [0.3, 0.4) is 0 Å². The van der Waals surface area contributed by atoms with Gasteiger partial charge in [0.1, 0.15) is 5.01 Å². The first-order valence-corrected chi connectivity index (χ1v) is 8.25. The summed E-state index contributed by atoms with van der Waals surface area (Å²) < 4.78 is 0. The first kappa shape index (κ1) is 14.9. The van der Waals surface area contributed by atoms with Gasteiger partial charge < -0.3 is 5.32 Å². The Morgan fingerprint density at radius 1 is 1.14 bits per heavy atom. The van der Waals surface area contributed by atoms with Gasteiger partial charge in [-0.05, 0) is 36.6 Å². The molecule has 1 aromatic carbocycles. The fourth-order valence-electron chi connectivity index (χ4n) is 2.34. The summed E-state index contributed by atoms with van der Waals surface area (Å²) in [6.07, 6.45) is 3.69. The molecule has 0 aliphatic rings. The quantitative estimate of drug-likeness (QED) is 0.760. The van der Waals surface area contributed by atoms with Gasteiger partial charge in [-0.2, -0.15) is 0 Å². The van der Waals surface area contributed by atoms with Crippen molar-refractivity contribution in [2.75, 3.05) is 0 Å². The van der Waals surface area contributed by atoms with Crippen molar-refractivity contribution >= 4 is 11.3 Å². The largest absolute Gasteiger partial charge is 0.304 e. The number of nitrogens with one attached hydrogen (secondary N) is 1. The first-order chi connectivity index (χ1) is 10.7. The Balaban J connectivity index is 1.64. The fraction of sp³-hybridized carbons (Fsp3) is 0.222. The number of aromatic nitrogens is 2. The molecule has 0 radical (unpaired) electrons. The molecule has 0 bridgehead atoms. The van der Waals surface area contributed by atoms with Crippen LogP contribution in [-0.2, 0) is 6.54 Å². The van der Waals surface area contributed by atoms with E-state index in [0.29, 0.717) is 6.04 Å². The second-order valence-electron chi connectivity index (χ2n) is 5.35. The van der Waals surface area contributed by atoms with Crippen LogP contribution in [0.25, 0.3) is 11.1 Å². The van der Waals surface area contributed by atoms with Gasteiger partial charge in [-0.25, -0.2) is 4.98 Å². The van der Waals surface area contributed by atoms with E-state index in [2.05, 4.69) is 57.9 Å².